The molecule has 0 spiro atoms. The molecule has 6 nitrogen and oxygen atoms in total. The Morgan fingerprint density at radius 3 is 2.67 bits per heavy atom. The van der Waals surface area contributed by atoms with Gasteiger partial charge in [-0.1, -0.05) is 28.1 Å². The molecule has 3 rings (SSSR count). The van der Waals surface area contributed by atoms with Crippen LogP contribution in [-0.2, 0) is 0 Å². The van der Waals surface area contributed by atoms with Crippen LogP contribution in [0.15, 0.2) is 64.3 Å². The van der Waals surface area contributed by atoms with Crippen LogP contribution in [0.5, 0.6) is 5.75 Å². The first-order valence-electron chi connectivity index (χ1n) is 6.95. The van der Waals surface area contributed by atoms with E-state index in [2.05, 4.69) is 36.1 Å². The zero-order chi connectivity index (χ0) is 16.9. The maximum absolute atomic E-state index is 12.4. The van der Waals surface area contributed by atoms with Crippen LogP contribution in [0.4, 0.5) is 0 Å². The Bertz CT molecular complexity index is 910. The third-order valence-corrected chi connectivity index (χ3v) is 3.73. The quantitative estimate of drug-likeness (QED) is 0.702. The van der Waals surface area contributed by atoms with Crippen LogP contribution >= 0.6 is 15.9 Å². The molecule has 0 aliphatic carbocycles. The number of aromatic hydroxyl groups is 1. The Morgan fingerprint density at radius 2 is 1.92 bits per heavy atom. The summed E-state index contributed by atoms with van der Waals surface area (Å²) in [6, 6.07) is 12.2. The molecular weight excluding hydrogens is 372 g/mol. The van der Waals surface area contributed by atoms with Crippen molar-refractivity contribution in [1.29, 1.82) is 0 Å². The summed E-state index contributed by atoms with van der Waals surface area (Å²) in [5.41, 5.74) is 1.80. The molecule has 0 atom stereocenters. The molecule has 0 saturated carbocycles. The van der Waals surface area contributed by atoms with Gasteiger partial charge in [-0.2, -0.15) is 5.10 Å². The summed E-state index contributed by atoms with van der Waals surface area (Å²) in [5, 5.41) is 17.3. The summed E-state index contributed by atoms with van der Waals surface area (Å²) in [4.78, 5) is 20.1. The van der Waals surface area contributed by atoms with Crippen LogP contribution in [-0.4, -0.2) is 32.4 Å². The van der Waals surface area contributed by atoms with Crippen molar-refractivity contribution in [3.63, 3.8) is 0 Å². The van der Waals surface area contributed by atoms with Gasteiger partial charge in [-0.3, -0.25) is 9.78 Å². The van der Waals surface area contributed by atoms with Gasteiger partial charge in [-0.15, -0.1) is 5.10 Å². The number of halogens is 1. The predicted octanol–water partition coefficient (Wildman–Crippen LogP) is 3.27. The number of pyridine rings is 1. The van der Waals surface area contributed by atoms with Gasteiger partial charge in [-0.25, -0.2) is 4.99 Å². The third kappa shape index (κ3) is 3.52. The number of carbonyl (C=O) groups excluding carboxylic acids is 1. The van der Waals surface area contributed by atoms with E-state index in [9.17, 15) is 9.90 Å². The molecule has 1 aromatic carbocycles. The highest BCUT2D eigenvalue weighted by Crippen LogP contribution is 2.24. The van der Waals surface area contributed by atoms with E-state index in [1.54, 1.807) is 12.1 Å². The van der Waals surface area contributed by atoms with Crippen molar-refractivity contribution in [3.8, 4) is 16.9 Å². The second kappa shape index (κ2) is 7.10. The first kappa shape index (κ1) is 15.9. The van der Waals surface area contributed by atoms with Gasteiger partial charge in [0, 0.05) is 16.2 Å². The van der Waals surface area contributed by atoms with Crippen molar-refractivity contribution in [2.45, 2.75) is 0 Å². The fourth-order valence-electron chi connectivity index (χ4n) is 2.04. The van der Waals surface area contributed by atoms with Crippen molar-refractivity contribution < 1.29 is 9.90 Å². The lowest BCUT2D eigenvalue weighted by atomic mass is 10.0. The SMILES string of the molecule is O=C(N=Cc1ncccc1O)c1nnccc1-c1ccc(Br)cc1. The zero-order valence-electron chi connectivity index (χ0n) is 12.3. The first-order valence-corrected chi connectivity index (χ1v) is 7.74. The molecule has 7 heteroatoms. The minimum atomic E-state index is -0.564. The number of aliphatic imine (C=N–C) groups is 1. The third-order valence-electron chi connectivity index (χ3n) is 3.20. The fraction of sp³-hybridized carbons (Fsp3) is 0. The number of hydrogen-bond acceptors (Lipinski definition) is 5. The lowest BCUT2D eigenvalue weighted by Gasteiger charge is -2.05. The number of nitrogens with zero attached hydrogens (tertiary/aromatic N) is 4. The van der Waals surface area contributed by atoms with Crippen LogP contribution in [0.25, 0.3) is 11.1 Å². The Labute approximate surface area is 146 Å². The number of aromatic nitrogens is 3. The Hall–Kier alpha value is -2.93. The molecule has 1 N–H and O–H groups in total. The smallest absolute Gasteiger partial charge is 0.298 e. The van der Waals surface area contributed by atoms with Gasteiger partial charge in [0.15, 0.2) is 5.69 Å². The molecule has 0 aliphatic rings. The molecule has 2 aromatic heterocycles. The summed E-state index contributed by atoms with van der Waals surface area (Å²) >= 11 is 3.37. The average molecular weight is 383 g/mol. The largest absolute Gasteiger partial charge is 0.506 e. The molecular formula is C17H11BrN4O2. The molecule has 118 valence electrons. The van der Waals surface area contributed by atoms with E-state index >= 15 is 0 Å². The highest BCUT2D eigenvalue weighted by Gasteiger charge is 2.14. The summed E-state index contributed by atoms with van der Waals surface area (Å²) in [6.07, 6.45) is 4.22. The van der Waals surface area contributed by atoms with Gasteiger partial charge >= 0.3 is 0 Å². The summed E-state index contributed by atoms with van der Waals surface area (Å²) in [6.45, 7) is 0. The predicted molar refractivity (Wildman–Crippen MR) is 93.0 cm³/mol. The van der Waals surface area contributed by atoms with Gasteiger partial charge < -0.3 is 5.11 Å². The standard InChI is InChI=1S/C17H11BrN4O2/c18-12-5-3-11(4-6-12)13-7-9-21-22-16(13)17(24)20-10-14-15(23)2-1-8-19-14/h1-10,23H. The second-order valence-electron chi connectivity index (χ2n) is 4.77. The van der Waals surface area contributed by atoms with Crippen LogP contribution in [0.1, 0.15) is 16.2 Å². The average Bonchev–Trinajstić information content (AvgIpc) is 2.61. The van der Waals surface area contributed by atoms with Crippen molar-refractivity contribution in [2.24, 2.45) is 4.99 Å². The molecule has 0 radical (unpaired) electrons. The van der Waals surface area contributed by atoms with Crippen LogP contribution in [0, 0.1) is 0 Å². The van der Waals surface area contributed by atoms with E-state index in [0.29, 0.717) is 5.56 Å². The number of hydrogen-bond donors (Lipinski definition) is 1. The van der Waals surface area contributed by atoms with E-state index in [1.807, 2.05) is 24.3 Å². The number of carbonyl (C=O) groups is 1. The molecule has 0 fully saturated rings. The Morgan fingerprint density at radius 1 is 1.12 bits per heavy atom. The summed E-state index contributed by atoms with van der Waals surface area (Å²) in [7, 11) is 0. The summed E-state index contributed by atoms with van der Waals surface area (Å²) < 4.78 is 0.935. The molecule has 0 unspecified atom stereocenters. The summed E-state index contributed by atoms with van der Waals surface area (Å²) in [5.74, 6) is -0.618. The van der Waals surface area contributed by atoms with Gasteiger partial charge in [-0.05, 0) is 35.9 Å². The molecule has 2 heterocycles. The molecule has 0 saturated heterocycles. The number of benzene rings is 1. The molecule has 1 amide bonds. The van der Waals surface area contributed by atoms with Gasteiger partial charge in [0.2, 0.25) is 0 Å². The van der Waals surface area contributed by atoms with E-state index < -0.39 is 5.91 Å². The van der Waals surface area contributed by atoms with Crippen LogP contribution in [0.2, 0.25) is 0 Å². The Balaban J connectivity index is 1.94. The van der Waals surface area contributed by atoms with Crippen LogP contribution < -0.4 is 0 Å². The van der Waals surface area contributed by atoms with E-state index in [0.717, 1.165) is 10.0 Å². The number of amides is 1. The van der Waals surface area contributed by atoms with Crippen molar-refractivity contribution in [2.75, 3.05) is 0 Å². The molecule has 3 aromatic rings. The van der Waals surface area contributed by atoms with Gasteiger partial charge in [0.05, 0.1) is 12.4 Å². The van der Waals surface area contributed by atoms with Crippen LogP contribution in [0.3, 0.4) is 0 Å². The lowest BCUT2D eigenvalue weighted by Crippen LogP contribution is -2.04. The highest BCUT2D eigenvalue weighted by molar-refractivity contribution is 9.10. The normalized spacial score (nSPS) is 10.9. The molecule has 0 bridgehead atoms. The van der Waals surface area contributed by atoms with Gasteiger partial charge in [0.25, 0.3) is 5.91 Å². The van der Waals surface area contributed by atoms with Crippen molar-refractivity contribution in [1.82, 2.24) is 15.2 Å². The maximum Gasteiger partial charge on any atom is 0.298 e. The lowest BCUT2D eigenvalue weighted by molar-refractivity contribution is 0.0998. The highest BCUT2D eigenvalue weighted by atomic mass is 79.9. The monoisotopic (exact) mass is 382 g/mol. The fourth-order valence-corrected chi connectivity index (χ4v) is 2.31. The van der Waals surface area contributed by atoms with Gasteiger partial charge in [0.1, 0.15) is 11.4 Å². The Kier molecular flexibility index (Phi) is 4.72. The zero-order valence-corrected chi connectivity index (χ0v) is 13.9. The number of rotatable bonds is 3. The minimum Gasteiger partial charge on any atom is -0.506 e. The second-order valence-corrected chi connectivity index (χ2v) is 5.69. The molecule has 0 aliphatic heterocycles. The topological polar surface area (TPSA) is 88.3 Å². The maximum atomic E-state index is 12.4. The van der Waals surface area contributed by atoms with E-state index in [-0.39, 0.29) is 17.1 Å². The van der Waals surface area contributed by atoms with Crippen molar-refractivity contribution in [3.05, 3.63) is 70.7 Å². The minimum absolute atomic E-state index is 0.0543. The van der Waals surface area contributed by atoms with Crippen molar-refractivity contribution >= 4 is 28.1 Å². The first-order chi connectivity index (χ1) is 11.6. The van der Waals surface area contributed by atoms with E-state index in [1.165, 1.54) is 24.7 Å². The van der Waals surface area contributed by atoms with E-state index in [4.69, 9.17) is 0 Å². The molecule has 24 heavy (non-hydrogen) atoms.